The zero-order valence-electron chi connectivity index (χ0n) is 8.10. The van der Waals surface area contributed by atoms with E-state index in [2.05, 4.69) is 30.8 Å². The van der Waals surface area contributed by atoms with E-state index in [-0.39, 0.29) is 0 Å². The molecule has 1 heterocycles. The van der Waals surface area contributed by atoms with Gasteiger partial charge in [0.05, 0.1) is 6.67 Å². The first-order valence-corrected chi connectivity index (χ1v) is 4.83. The molecule has 0 aromatic carbocycles. The van der Waals surface area contributed by atoms with Gasteiger partial charge in [0, 0.05) is 25.2 Å². The molecule has 0 aromatic heterocycles. The van der Waals surface area contributed by atoms with Crippen LogP contribution in [-0.4, -0.2) is 43.0 Å². The third kappa shape index (κ3) is 2.14. The summed E-state index contributed by atoms with van der Waals surface area (Å²) in [6.07, 6.45) is 1.02. The van der Waals surface area contributed by atoms with Crippen LogP contribution in [0.4, 0.5) is 0 Å². The Morgan fingerprint density at radius 3 is 2.67 bits per heavy atom. The molecule has 0 saturated carbocycles. The van der Waals surface area contributed by atoms with E-state index >= 15 is 0 Å². The van der Waals surface area contributed by atoms with Gasteiger partial charge in [0.15, 0.2) is 0 Å². The van der Waals surface area contributed by atoms with E-state index in [4.69, 9.17) is 11.6 Å². The van der Waals surface area contributed by atoms with Crippen molar-refractivity contribution in [3.05, 3.63) is 11.3 Å². The lowest BCUT2D eigenvalue weighted by molar-refractivity contribution is 0.201. The topological polar surface area (TPSA) is 6.48 Å². The molecular weight excluding hydrogens is 172 g/mol. The fourth-order valence-corrected chi connectivity index (χ4v) is 1.83. The highest BCUT2D eigenvalue weighted by molar-refractivity contribution is 6.18. The number of alkyl halides is 1. The van der Waals surface area contributed by atoms with Gasteiger partial charge >= 0.3 is 0 Å². The lowest BCUT2D eigenvalue weighted by Crippen LogP contribution is -2.38. The molecule has 3 heteroatoms. The highest BCUT2D eigenvalue weighted by Crippen LogP contribution is 2.18. The van der Waals surface area contributed by atoms with E-state index in [1.54, 1.807) is 0 Å². The second-order valence-corrected chi connectivity index (χ2v) is 3.86. The van der Waals surface area contributed by atoms with Crippen molar-refractivity contribution >= 4 is 11.6 Å². The van der Waals surface area contributed by atoms with Crippen molar-refractivity contribution in [1.82, 2.24) is 9.80 Å². The molecule has 1 rings (SSSR count). The normalized spacial score (nSPS) is 20.5. The van der Waals surface area contributed by atoms with Crippen molar-refractivity contribution in [1.29, 1.82) is 0 Å². The number of hydrogen-bond acceptors (Lipinski definition) is 2. The van der Waals surface area contributed by atoms with Crippen molar-refractivity contribution in [2.24, 2.45) is 0 Å². The van der Waals surface area contributed by atoms with Crippen LogP contribution in [0.1, 0.15) is 13.3 Å². The first kappa shape index (κ1) is 9.87. The molecule has 2 nitrogen and oxygen atoms in total. The van der Waals surface area contributed by atoms with Crippen LogP contribution < -0.4 is 0 Å². The number of halogens is 1. The summed E-state index contributed by atoms with van der Waals surface area (Å²) in [4.78, 5) is 4.57. The maximum atomic E-state index is 5.72. The van der Waals surface area contributed by atoms with Crippen molar-refractivity contribution in [3.8, 4) is 0 Å². The lowest BCUT2D eigenvalue weighted by Gasteiger charge is -2.34. The van der Waals surface area contributed by atoms with E-state index in [9.17, 15) is 0 Å². The highest BCUT2D eigenvalue weighted by Gasteiger charge is 2.15. The Hall–Kier alpha value is -0.210. The predicted octanol–water partition coefficient (Wildman–Crippen LogP) is 1.72. The maximum absolute atomic E-state index is 5.72. The Balaban J connectivity index is 2.70. The molecule has 0 saturated heterocycles. The van der Waals surface area contributed by atoms with Gasteiger partial charge in [-0.15, -0.1) is 11.6 Å². The minimum atomic E-state index is 0.731. The Morgan fingerprint density at radius 2 is 2.08 bits per heavy atom. The monoisotopic (exact) mass is 188 g/mol. The maximum Gasteiger partial charge on any atom is 0.0701 e. The zero-order chi connectivity index (χ0) is 9.14. The fourth-order valence-electron chi connectivity index (χ4n) is 1.60. The third-order valence-electron chi connectivity index (χ3n) is 2.39. The minimum Gasteiger partial charge on any atom is -0.365 e. The average molecular weight is 189 g/mol. The molecule has 0 N–H and O–H groups in total. The van der Waals surface area contributed by atoms with Crippen LogP contribution in [0.5, 0.6) is 0 Å². The van der Waals surface area contributed by atoms with Gasteiger partial charge in [0.2, 0.25) is 0 Å². The second kappa shape index (κ2) is 4.15. The summed E-state index contributed by atoms with van der Waals surface area (Å²) < 4.78 is 0. The van der Waals surface area contributed by atoms with Gasteiger partial charge in [0.1, 0.15) is 0 Å². The minimum absolute atomic E-state index is 0.731. The molecule has 0 radical (unpaired) electrons. The van der Waals surface area contributed by atoms with Crippen LogP contribution >= 0.6 is 11.6 Å². The van der Waals surface area contributed by atoms with Crippen LogP contribution in [0.15, 0.2) is 11.3 Å². The molecule has 0 spiro atoms. The molecule has 0 amide bonds. The molecule has 0 unspecified atom stereocenters. The molecule has 0 fully saturated rings. The standard InChI is InChI=1S/C9H17ClN2/c1-8-9(4-5-10)6-11(2)7-12(8)3/h4-7H2,1-3H3. The molecule has 70 valence electrons. The SMILES string of the molecule is CC1=C(CCCl)CN(C)CN1C. The van der Waals surface area contributed by atoms with Crippen LogP contribution in [0, 0.1) is 0 Å². The van der Waals surface area contributed by atoms with Gasteiger partial charge in [-0.2, -0.15) is 0 Å². The molecule has 0 aliphatic carbocycles. The summed E-state index contributed by atoms with van der Waals surface area (Å²) in [5.74, 6) is 0.731. The van der Waals surface area contributed by atoms with Gasteiger partial charge in [-0.25, -0.2) is 0 Å². The smallest absolute Gasteiger partial charge is 0.0701 e. The molecule has 1 aliphatic rings. The first-order valence-electron chi connectivity index (χ1n) is 4.29. The van der Waals surface area contributed by atoms with Crippen LogP contribution in [0.25, 0.3) is 0 Å². The van der Waals surface area contributed by atoms with Gasteiger partial charge in [0.25, 0.3) is 0 Å². The highest BCUT2D eigenvalue weighted by atomic mass is 35.5. The summed E-state index contributed by atoms with van der Waals surface area (Å²) >= 11 is 5.72. The van der Waals surface area contributed by atoms with Crippen molar-refractivity contribution in [2.75, 3.05) is 33.2 Å². The number of allylic oxidation sites excluding steroid dienone is 1. The van der Waals surface area contributed by atoms with E-state index < -0.39 is 0 Å². The Bertz CT molecular complexity index is 189. The molecule has 0 aromatic rings. The largest absolute Gasteiger partial charge is 0.365 e. The average Bonchev–Trinajstić information content (AvgIpc) is 2.00. The Morgan fingerprint density at radius 1 is 1.42 bits per heavy atom. The number of rotatable bonds is 2. The molecular formula is C9H17ClN2. The molecule has 0 bridgehead atoms. The summed E-state index contributed by atoms with van der Waals surface area (Å²) in [6, 6.07) is 0. The first-order chi connectivity index (χ1) is 5.65. The second-order valence-electron chi connectivity index (χ2n) is 3.48. The lowest BCUT2D eigenvalue weighted by atomic mass is 10.1. The van der Waals surface area contributed by atoms with Crippen LogP contribution in [0.2, 0.25) is 0 Å². The number of hydrogen-bond donors (Lipinski definition) is 0. The van der Waals surface area contributed by atoms with Crippen molar-refractivity contribution in [2.45, 2.75) is 13.3 Å². The van der Waals surface area contributed by atoms with Gasteiger partial charge in [-0.3, -0.25) is 4.90 Å². The van der Waals surface area contributed by atoms with Gasteiger partial charge < -0.3 is 4.90 Å². The summed E-state index contributed by atoms with van der Waals surface area (Å²) in [6.45, 7) is 4.27. The quantitative estimate of drug-likeness (QED) is 0.609. The predicted molar refractivity (Wildman–Crippen MR) is 53.3 cm³/mol. The Labute approximate surface area is 79.8 Å². The Kier molecular flexibility index (Phi) is 3.41. The van der Waals surface area contributed by atoms with E-state index in [0.29, 0.717) is 0 Å². The van der Waals surface area contributed by atoms with Crippen molar-refractivity contribution < 1.29 is 0 Å². The summed E-state index contributed by atoms with van der Waals surface area (Å²) in [7, 11) is 4.26. The van der Waals surface area contributed by atoms with Crippen LogP contribution in [0.3, 0.4) is 0 Å². The molecule has 12 heavy (non-hydrogen) atoms. The fraction of sp³-hybridized carbons (Fsp3) is 0.778. The van der Waals surface area contributed by atoms with E-state index in [1.165, 1.54) is 11.3 Å². The van der Waals surface area contributed by atoms with Gasteiger partial charge in [-0.05, 0) is 26.0 Å². The van der Waals surface area contributed by atoms with Crippen LogP contribution in [-0.2, 0) is 0 Å². The number of likely N-dealkylation sites (N-methyl/N-ethyl adjacent to an activating group) is 1. The molecule has 0 atom stereocenters. The van der Waals surface area contributed by atoms with E-state index in [1.807, 2.05) is 0 Å². The third-order valence-corrected chi connectivity index (χ3v) is 2.58. The summed E-state index contributed by atoms with van der Waals surface area (Å²) in [5, 5.41) is 0. The van der Waals surface area contributed by atoms with Crippen molar-refractivity contribution in [3.63, 3.8) is 0 Å². The summed E-state index contributed by atoms with van der Waals surface area (Å²) in [5.41, 5.74) is 2.87. The van der Waals surface area contributed by atoms with E-state index in [0.717, 1.165) is 25.5 Å². The molecule has 1 aliphatic heterocycles. The van der Waals surface area contributed by atoms with Gasteiger partial charge in [-0.1, -0.05) is 0 Å². The zero-order valence-corrected chi connectivity index (χ0v) is 8.86. The number of nitrogens with zero attached hydrogens (tertiary/aromatic N) is 2.